The minimum absolute atomic E-state index is 0.278. The Bertz CT molecular complexity index is 180. The molecule has 74 valence electrons. The second-order valence-electron chi connectivity index (χ2n) is 2.23. The van der Waals surface area contributed by atoms with Gasteiger partial charge in [-0.25, -0.2) is 0 Å². The van der Waals surface area contributed by atoms with Crippen LogP contribution in [0, 0.1) is 0 Å². The highest BCUT2D eigenvalue weighted by Crippen LogP contribution is 2.31. The lowest BCUT2D eigenvalue weighted by atomic mass is 10.4. The third-order valence-electron chi connectivity index (χ3n) is 1.20. The molecule has 0 unspecified atom stereocenters. The van der Waals surface area contributed by atoms with Crippen molar-refractivity contribution in [2.75, 3.05) is 12.4 Å². The van der Waals surface area contributed by atoms with Crippen molar-refractivity contribution in [1.82, 2.24) is 0 Å². The van der Waals surface area contributed by atoms with Gasteiger partial charge in [-0.2, -0.15) is 0 Å². The number of nitrogens with zero attached hydrogens (tertiary/aromatic N) is 1. The number of hydrogen-bond donors (Lipinski definition) is 1. The maximum Gasteiger partial charge on any atom is 0.106 e. The molecule has 0 aromatic heterocycles. The fraction of sp³-hybridized carbons (Fsp3) is 0.444. The summed E-state index contributed by atoms with van der Waals surface area (Å²) in [4.78, 5) is 3.83. The van der Waals surface area contributed by atoms with Crippen LogP contribution in [0.4, 0.5) is 0 Å². The van der Waals surface area contributed by atoms with Gasteiger partial charge in [0.15, 0.2) is 0 Å². The fourth-order valence-corrected chi connectivity index (χ4v) is 2.60. The molecular weight excluding hydrogens is 202 g/mol. The molecule has 0 saturated heterocycles. The van der Waals surface area contributed by atoms with E-state index in [2.05, 4.69) is 18.3 Å². The quantitative estimate of drug-likeness (QED) is 0.294. The average molecular weight is 217 g/mol. The van der Waals surface area contributed by atoms with Crippen molar-refractivity contribution in [3.63, 3.8) is 0 Å². The molecule has 0 spiro atoms. The van der Waals surface area contributed by atoms with Gasteiger partial charge in [0.1, 0.15) is 5.03 Å². The molecule has 4 heteroatoms. The molecule has 0 aliphatic heterocycles. The monoisotopic (exact) mass is 217 g/mol. The van der Waals surface area contributed by atoms with Crippen LogP contribution in [0.25, 0.3) is 0 Å². The molecule has 0 fully saturated rings. The summed E-state index contributed by atoms with van der Waals surface area (Å²) in [5.74, 6) is 1.02. The predicted octanol–water partition coefficient (Wildman–Crippen LogP) is 2.87. The summed E-state index contributed by atoms with van der Waals surface area (Å²) in [6.07, 6.45) is 5.43. The molecule has 0 radical (unpaired) electrons. The Balaban J connectivity index is 3.44. The molecule has 0 aliphatic carbocycles. The standard InChI is InChI=1S/C9H15NOS2/c1-3-6-9(10-2)13-12-8-5-4-7-11/h3,6,11H,1-2,4-5,7-8H2. The first-order chi connectivity index (χ1) is 6.35. The second-order valence-corrected chi connectivity index (χ2v) is 4.67. The van der Waals surface area contributed by atoms with Gasteiger partial charge in [-0.05, 0) is 36.4 Å². The highest BCUT2D eigenvalue weighted by atomic mass is 33.1. The Kier molecular flexibility index (Phi) is 9.75. The van der Waals surface area contributed by atoms with Crippen LogP contribution in [-0.2, 0) is 0 Å². The number of aliphatic hydroxyl groups is 1. The van der Waals surface area contributed by atoms with Crippen LogP contribution in [0.5, 0.6) is 0 Å². The van der Waals surface area contributed by atoms with Gasteiger partial charge in [0.2, 0.25) is 0 Å². The van der Waals surface area contributed by atoms with E-state index < -0.39 is 0 Å². The Morgan fingerprint density at radius 3 is 2.77 bits per heavy atom. The van der Waals surface area contributed by atoms with Crippen molar-refractivity contribution >= 4 is 28.3 Å². The normalized spacial score (nSPS) is 11.3. The Morgan fingerprint density at radius 2 is 2.23 bits per heavy atom. The molecule has 0 heterocycles. The molecular formula is C9H15NOS2. The first-order valence-electron chi connectivity index (χ1n) is 4.05. The minimum Gasteiger partial charge on any atom is -0.396 e. The zero-order valence-corrected chi connectivity index (χ0v) is 9.24. The van der Waals surface area contributed by atoms with Crippen LogP contribution in [0.3, 0.4) is 0 Å². The number of aliphatic imine (C=N–C) groups is 1. The lowest BCUT2D eigenvalue weighted by Gasteiger charge is -1.99. The predicted molar refractivity (Wildman–Crippen MR) is 64.2 cm³/mol. The highest BCUT2D eigenvalue weighted by molar-refractivity contribution is 8.78. The van der Waals surface area contributed by atoms with Gasteiger partial charge < -0.3 is 5.11 Å². The van der Waals surface area contributed by atoms with Crippen molar-refractivity contribution in [2.45, 2.75) is 12.8 Å². The van der Waals surface area contributed by atoms with Gasteiger partial charge in [0.05, 0.1) is 0 Å². The summed E-state index contributed by atoms with van der Waals surface area (Å²) < 4.78 is 0. The van der Waals surface area contributed by atoms with E-state index in [-0.39, 0.29) is 6.61 Å². The molecule has 0 amide bonds. The summed E-state index contributed by atoms with van der Waals surface area (Å²) in [5, 5.41) is 9.41. The Labute approximate surface area is 87.6 Å². The van der Waals surface area contributed by atoms with Gasteiger partial charge >= 0.3 is 0 Å². The maximum atomic E-state index is 8.54. The van der Waals surface area contributed by atoms with Gasteiger partial charge in [-0.1, -0.05) is 23.4 Å². The van der Waals surface area contributed by atoms with Crippen LogP contribution in [0.2, 0.25) is 0 Å². The molecule has 0 atom stereocenters. The fourth-order valence-electron chi connectivity index (χ4n) is 0.582. The molecule has 0 aromatic carbocycles. The lowest BCUT2D eigenvalue weighted by molar-refractivity contribution is 0.287. The molecule has 0 saturated carbocycles. The molecule has 0 aliphatic rings. The van der Waals surface area contributed by atoms with Crippen LogP contribution < -0.4 is 0 Å². The first-order valence-corrected chi connectivity index (χ1v) is 6.36. The zero-order chi connectivity index (χ0) is 9.94. The number of rotatable bonds is 8. The summed E-state index contributed by atoms with van der Waals surface area (Å²) >= 11 is 0. The second kappa shape index (κ2) is 9.89. The Morgan fingerprint density at radius 1 is 1.46 bits per heavy atom. The molecule has 1 N–H and O–H groups in total. The topological polar surface area (TPSA) is 32.6 Å². The molecule has 0 rings (SSSR count). The minimum atomic E-state index is 0.278. The van der Waals surface area contributed by atoms with E-state index in [4.69, 9.17) is 5.11 Å². The third-order valence-corrected chi connectivity index (χ3v) is 3.57. The highest BCUT2D eigenvalue weighted by Gasteiger charge is 1.94. The van der Waals surface area contributed by atoms with E-state index in [0.29, 0.717) is 0 Å². The molecule has 13 heavy (non-hydrogen) atoms. The van der Waals surface area contributed by atoms with Crippen molar-refractivity contribution in [3.8, 4) is 0 Å². The van der Waals surface area contributed by atoms with E-state index in [0.717, 1.165) is 23.6 Å². The van der Waals surface area contributed by atoms with E-state index >= 15 is 0 Å². The van der Waals surface area contributed by atoms with Crippen LogP contribution in [0.1, 0.15) is 12.8 Å². The summed E-state index contributed by atoms with van der Waals surface area (Å²) in [6.45, 7) is 7.32. The van der Waals surface area contributed by atoms with Crippen molar-refractivity contribution in [2.24, 2.45) is 4.99 Å². The van der Waals surface area contributed by atoms with Gasteiger partial charge in [-0.15, -0.1) is 0 Å². The van der Waals surface area contributed by atoms with Crippen LogP contribution in [0.15, 0.2) is 28.8 Å². The third kappa shape index (κ3) is 8.15. The van der Waals surface area contributed by atoms with Crippen LogP contribution in [-0.4, -0.2) is 24.2 Å². The van der Waals surface area contributed by atoms with Crippen LogP contribution >= 0.6 is 21.6 Å². The zero-order valence-electron chi connectivity index (χ0n) is 7.61. The summed E-state index contributed by atoms with van der Waals surface area (Å²) in [7, 11) is 3.31. The first kappa shape index (κ1) is 12.8. The maximum absolute atomic E-state index is 8.54. The van der Waals surface area contributed by atoms with Crippen molar-refractivity contribution in [1.29, 1.82) is 0 Å². The number of unbranched alkanes of at least 4 members (excludes halogenated alkanes) is 1. The molecule has 0 bridgehead atoms. The van der Waals surface area contributed by atoms with Gasteiger partial charge in [0.25, 0.3) is 0 Å². The number of aliphatic hydroxyl groups excluding tert-OH is 1. The van der Waals surface area contributed by atoms with E-state index in [1.54, 1.807) is 27.7 Å². The molecule has 2 nitrogen and oxygen atoms in total. The summed E-state index contributed by atoms with van der Waals surface area (Å²) in [5.41, 5.74) is 0. The summed E-state index contributed by atoms with van der Waals surface area (Å²) in [6, 6.07) is 0. The largest absolute Gasteiger partial charge is 0.396 e. The Hall–Kier alpha value is -0.190. The lowest BCUT2D eigenvalue weighted by Crippen LogP contribution is -1.83. The number of hydrogen-bond acceptors (Lipinski definition) is 4. The molecule has 0 aromatic rings. The van der Waals surface area contributed by atoms with Crippen molar-refractivity contribution in [3.05, 3.63) is 23.8 Å². The van der Waals surface area contributed by atoms with E-state index in [1.165, 1.54) is 0 Å². The number of allylic oxidation sites excluding steroid dienone is 2. The van der Waals surface area contributed by atoms with E-state index in [9.17, 15) is 0 Å². The van der Waals surface area contributed by atoms with Gasteiger partial charge in [-0.3, -0.25) is 4.99 Å². The SMILES string of the molecule is C=CC=C(N=C)SSCCCCO. The van der Waals surface area contributed by atoms with E-state index in [1.807, 2.05) is 6.08 Å². The van der Waals surface area contributed by atoms with Crippen molar-refractivity contribution < 1.29 is 5.11 Å². The average Bonchev–Trinajstić information content (AvgIpc) is 2.16. The van der Waals surface area contributed by atoms with Gasteiger partial charge in [0, 0.05) is 12.4 Å². The smallest absolute Gasteiger partial charge is 0.106 e.